The van der Waals surface area contributed by atoms with Crippen LogP contribution in [-0.4, -0.2) is 27.6 Å². The topological polar surface area (TPSA) is 104 Å². The monoisotopic (exact) mass is 510 g/mol. The van der Waals surface area contributed by atoms with Gasteiger partial charge in [0.2, 0.25) is 0 Å². The summed E-state index contributed by atoms with van der Waals surface area (Å²) in [7, 11) is 0. The summed E-state index contributed by atoms with van der Waals surface area (Å²) < 4.78 is 0. The quantitative estimate of drug-likeness (QED) is 0.231. The van der Waals surface area contributed by atoms with Crippen molar-refractivity contribution in [3.63, 3.8) is 0 Å². The van der Waals surface area contributed by atoms with E-state index < -0.39 is 5.91 Å². The molecule has 0 fully saturated rings. The number of aromatic hydroxyl groups is 1. The zero-order valence-corrected chi connectivity index (χ0v) is 20.3. The number of thiophene rings is 2. The third kappa shape index (κ3) is 5.51. The van der Waals surface area contributed by atoms with Crippen LogP contribution in [0.15, 0.2) is 71.3 Å². The van der Waals surface area contributed by atoms with Gasteiger partial charge in [-0.15, -0.1) is 22.7 Å². The Morgan fingerprint density at radius 1 is 1.06 bits per heavy atom. The van der Waals surface area contributed by atoms with E-state index in [4.69, 9.17) is 11.6 Å². The Balaban J connectivity index is 1.39. The van der Waals surface area contributed by atoms with E-state index in [1.807, 2.05) is 24.3 Å². The number of nitrogens with zero attached hydrogens (tertiary/aromatic N) is 2. The fourth-order valence-electron chi connectivity index (χ4n) is 3.01. The molecule has 3 heterocycles. The van der Waals surface area contributed by atoms with Crippen LogP contribution in [0.5, 0.6) is 5.75 Å². The molecule has 4 aromatic rings. The molecule has 0 atom stereocenters. The lowest BCUT2D eigenvalue weighted by Gasteiger charge is -2.03. The second-order valence-electron chi connectivity index (χ2n) is 7.14. The van der Waals surface area contributed by atoms with Crippen LogP contribution in [0.2, 0.25) is 5.02 Å². The maximum Gasteiger partial charge on any atom is 0.281 e. The Kier molecular flexibility index (Phi) is 7.36. The van der Waals surface area contributed by atoms with Crippen LogP contribution in [-0.2, 0) is 6.54 Å². The molecule has 0 unspecified atom stereocenters. The molecule has 0 aliphatic carbocycles. The van der Waals surface area contributed by atoms with Gasteiger partial charge in [-0.25, -0.2) is 5.43 Å². The van der Waals surface area contributed by atoms with Crippen LogP contribution >= 0.6 is 34.3 Å². The fraction of sp³-hybridized carbons (Fsp3) is 0.0833. The molecule has 0 spiro atoms. The van der Waals surface area contributed by atoms with Crippen molar-refractivity contribution < 1.29 is 14.7 Å². The summed E-state index contributed by atoms with van der Waals surface area (Å²) >= 11 is 8.37. The summed E-state index contributed by atoms with van der Waals surface area (Å²) in [6, 6.07) is 15.8. The molecule has 10 heteroatoms. The maximum absolute atomic E-state index is 12.5. The van der Waals surface area contributed by atoms with Gasteiger partial charge in [0.1, 0.15) is 5.75 Å². The second kappa shape index (κ2) is 10.6. The first kappa shape index (κ1) is 23.6. The Hall–Kier alpha value is -3.53. The van der Waals surface area contributed by atoms with E-state index in [0.29, 0.717) is 37.5 Å². The van der Waals surface area contributed by atoms with Gasteiger partial charge >= 0.3 is 0 Å². The highest BCUT2D eigenvalue weighted by molar-refractivity contribution is 7.16. The minimum Gasteiger partial charge on any atom is -0.506 e. The number of benzene rings is 1. The van der Waals surface area contributed by atoms with Gasteiger partial charge in [-0.3, -0.25) is 14.6 Å². The summed E-state index contributed by atoms with van der Waals surface area (Å²) in [4.78, 5) is 30.5. The number of halogens is 1. The Labute approximate surface area is 208 Å². The first-order valence-corrected chi connectivity index (χ1v) is 12.2. The van der Waals surface area contributed by atoms with Crippen molar-refractivity contribution in [1.82, 2.24) is 15.7 Å². The van der Waals surface area contributed by atoms with Crippen molar-refractivity contribution in [3.05, 3.63) is 92.2 Å². The molecule has 0 aliphatic heterocycles. The smallest absolute Gasteiger partial charge is 0.281 e. The van der Waals surface area contributed by atoms with E-state index in [1.54, 1.807) is 48.8 Å². The molecule has 0 aliphatic rings. The van der Waals surface area contributed by atoms with Crippen LogP contribution in [0.4, 0.5) is 0 Å². The van der Waals surface area contributed by atoms with Crippen LogP contribution in [0.3, 0.4) is 0 Å². The zero-order valence-electron chi connectivity index (χ0n) is 17.9. The minimum atomic E-state index is -0.444. The lowest BCUT2D eigenvalue weighted by molar-refractivity contribution is 0.0949. The molecule has 0 saturated heterocycles. The van der Waals surface area contributed by atoms with Crippen molar-refractivity contribution in [2.75, 3.05) is 0 Å². The molecule has 3 N–H and O–H groups in total. The number of nitrogens with one attached hydrogen (secondary N) is 2. The minimum absolute atomic E-state index is 0.0887. The number of carbonyl (C=O) groups excluding carboxylic acids is 2. The number of carbonyl (C=O) groups is 2. The van der Waals surface area contributed by atoms with E-state index in [0.717, 1.165) is 22.6 Å². The van der Waals surface area contributed by atoms with Gasteiger partial charge in [0, 0.05) is 16.6 Å². The largest absolute Gasteiger partial charge is 0.506 e. The van der Waals surface area contributed by atoms with Gasteiger partial charge in [-0.2, -0.15) is 5.10 Å². The normalized spacial score (nSPS) is 11.3. The van der Waals surface area contributed by atoms with Crippen LogP contribution in [0.1, 0.15) is 37.5 Å². The van der Waals surface area contributed by atoms with E-state index in [1.165, 1.54) is 11.3 Å². The first-order chi connectivity index (χ1) is 16.4. The number of hydrogen-bond donors (Lipinski definition) is 3. The molecule has 34 heavy (non-hydrogen) atoms. The molecule has 2 amide bonds. The Bertz CT molecular complexity index is 1350. The Morgan fingerprint density at radius 2 is 1.79 bits per heavy atom. The third-order valence-corrected chi connectivity index (χ3v) is 7.15. The van der Waals surface area contributed by atoms with Gasteiger partial charge in [-0.05, 0) is 48.9 Å². The van der Waals surface area contributed by atoms with Gasteiger partial charge in [0.15, 0.2) is 0 Å². The number of aromatic nitrogens is 1. The summed E-state index contributed by atoms with van der Waals surface area (Å²) in [6.07, 6.45) is 1.66. The predicted molar refractivity (Wildman–Crippen MR) is 136 cm³/mol. The summed E-state index contributed by atoms with van der Waals surface area (Å²) in [5.74, 6) is -0.640. The molecule has 172 valence electrons. The van der Waals surface area contributed by atoms with Gasteiger partial charge in [0.25, 0.3) is 11.8 Å². The lowest BCUT2D eigenvalue weighted by Crippen LogP contribution is -2.22. The predicted octanol–water partition coefficient (Wildman–Crippen LogP) is 5.31. The average Bonchev–Trinajstić information content (AvgIpc) is 3.49. The van der Waals surface area contributed by atoms with Gasteiger partial charge in [0.05, 0.1) is 38.1 Å². The van der Waals surface area contributed by atoms with Crippen LogP contribution in [0.25, 0.3) is 10.4 Å². The van der Waals surface area contributed by atoms with Crippen molar-refractivity contribution in [1.29, 1.82) is 0 Å². The van der Waals surface area contributed by atoms with Crippen LogP contribution < -0.4 is 10.7 Å². The van der Waals surface area contributed by atoms with Crippen molar-refractivity contribution in [3.8, 4) is 16.2 Å². The highest BCUT2D eigenvalue weighted by Crippen LogP contribution is 2.39. The Morgan fingerprint density at radius 3 is 2.50 bits per heavy atom. The van der Waals surface area contributed by atoms with Crippen LogP contribution in [0, 0.1) is 0 Å². The summed E-state index contributed by atoms with van der Waals surface area (Å²) in [6.45, 7) is 1.99. The molecule has 3 aromatic heterocycles. The van der Waals surface area contributed by atoms with E-state index in [-0.39, 0.29) is 11.7 Å². The maximum atomic E-state index is 12.5. The molecule has 1 aromatic carbocycles. The number of amides is 2. The van der Waals surface area contributed by atoms with E-state index >= 15 is 0 Å². The van der Waals surface area contributed by atoms with Crippen molar-refractivity contribution in [2.45, 2.75) is 13.5 Å². The summed E-state index contributed by atoms with van der Waals surface area (Å²) in [5, 5.41) is 19.9. The SMILES string of the molecule is C/C(=N/NC(=O)c1ccc(C(=O)NCc2ccccn2)s1)c1csc(-c2ccc(Cl)cc2)c1O. The first-order valence-electron chi connectivity index (χ1n) is 10.1. The van der Waals surface area contributed by atoms with Gasteiger partial charge in [-0.1, -0.05) is 29.8 Å². The molecule has 0 saturated carbocycles. The molecular formula is C24H19ClN4O3S2. The number of rotatable bonds is 7. The average molecular weight is 511 g/mol. The fourth-order valence-corrected chi connectivity index (χ4v) is 4.96. The van der Waals surface area contributed by atoms with Crippen molar-refractivity contribution in [2.24, 2.45) is 5.10 Å². The second-order valence-corrected chi connectivity index (χ2v) is 9.54. The molecule has 0 radical (unpaired) electrons. The molecular weight excluding hydrogens is 492 g/mol. The highest BCUT2D eigenvalue weighted by atomic mass is 35.5. The van der Waals surface area contributed by atoms with Crippen molar-refractivity contribution >= 4 is 51.8 Å². The summed E-state index contributed by atoms with van der Waals surface area (Å²) in [5.41, 5.74) is 5.04. The zero-order chi connectivity index (χ0) is 24.1. The molecule has 0 bridgehead atoms. The number of hydrazone groups is 1. The van der Waals surface area contributed by atoms with E-state index in [9.17, 15) is 14.7 Å². The van der Waals surface area contributed by atoms with E-state index in [2.05, 4.69) is 20.8 Å². The lowest BCUT2D eigenvalue weighted by atomic mass is 10.1. The standard InChI is InChI=1S/C24H19ClN4O3S2/c1-14(18-13-33-22(21(18)30)15-5-7-16(25)8-6-15)28-29-24(32)20-10-9-19(34-20)23(31)27-12-17-4-2-3-11-26-17/h2-11,13,30H,12H2,1H3,(H,27,31)(H,29,32)/b28-14-. The highest BCUT2D eigenvalue weighted by Gasteiger charge is 2.16. The van der Waals surface area contributed by atoms with Gasteiger partial charge < -0.3 is 10.4 Å². The molecule has 7 nitrogen and oxygen atoms in total. The number of hydrogen-bond acceptors (Lipinski definition) is 7. The number of pyridine rings is 1. The third-order valence-electron chi connectivity index (χ3n) is 4.80. The molecule has 4 rings (SSSR count).